The molecule has 3 aromatic rings. The van der Waals surface area contributed by atoms with E-state index in [4.69, 9.17) is 9.47 Å². The lowest BCUT2D eigenvalue weighted by Gasteiger charge is -2.43. The Balaban J connectivity index is 1.68. The Labute approximate surface area is 194 Å². The molecule has 13 heteroatoms. The van der Waals surface area contributed by atoms with Crippen molar-refractivity contribution in [3.63, 3.8) is 0 Å². The monoisotopic (exact) mass is 524 g/mol. The van der Waals surface area contributed by atoms with E-state index in [1.54, 1.807) is 18.5 Å². The first kappa shape index (κ1) is 22.3. The predicted octanol–water partition coefficient (Wildman–Crippen LogP) is 1.86. The van der Waals surface area contributed by atoms with Gasteiger partial charge in [-0.1, -0.05) is 17.0 Å². The lowest BCUT2D eigenvalue weighted by atomic mass is 9.97. The van der Waals surface area contributed by atoms with Crippen LogP contribution < -0.4 is 0 Å². The molecule has 0 spiro atoms. The van der Waals surface area contributed by atoms with Crippen LogP contribution in [0.1, 0.15) is 11.7 Å². The third-order valence-corrected chi connectivity index (χ3v) is 7.14. The molecular weight excluding hydrogens is 508 g/mol. The quantitative estimate of drug-likeness (QED) is 0.490. The third-order valence-electron chi connectivity index (χ3n) is 4.73. The molecule has 1 aliphatic rings. The molecule has 0 amide bonds. The van der Waals surface area contributed by atoms with Crippen LogP contribution in [0.3, 0.4) is 0 Å². The zero-order valence-electron chi connectivity index (χ0n) is 16.1. The molecule has 31 heavy (non-hydrogen) atoms. The molecule has 4 heterocycles. The number of halogens is 1. The number of aromatic nitrogens is 5. The molecular formula is C18H17BrN6O4S2. The fourth-order valence-electron chi connectivity index (χ4n) is 3.30. The molecule has 0 aromatic carbocycles. The summed E-state index contributed by atoms with van der Waals surface area (Å²) in [6.07, 6.45) is 2.24. The highest BCUT2D eigenvalue weighted by Crippen LogP contribution is 2.40. The third kappa shape index (κ3) is 4.51. The number of pyridine rings is 1. The van der Waals surface area contributed by atoms with Gasteiger partial charge in [0.05, 0.1) is 12.8 Å². The molecule has 1 saturated heterocycles. The van der Waals surface area contributed by atoms with Crippen LogP contribution in [0.25, 0.3) is 10.7 Å². The second-order valence-corrected chi connectivity index (χ2v) is 9.51. The molecule has 1 aliphatic heterocycles. The summed E-state index contributed by atoms with van der Waals surface area (Å²) < 4.78 is 13.9. The van der Waals surface area contributed by atoms with Crippen molar-refractivity contribution in [3.8, 4) is 16.8 Å². The average molecular weight is 525 g/mol. The van der Waals surface area contributed by atoms with Gasteiger partial charge < -0.3 is 19.7 Å². The Bertz CT molecular complexity index is 1080. The molecule has 0 unspecified atom stereocenters. The van der Waals surface area contributed by atoms with Gasteiger partial charge in [0, 0.05) is 34.3 Å². The van der Waals surface area contributed by atoms with Crippen molar-refractivity contribution < 1.29 is 19.7 Å². The van der Waals surface area contributed by atoms with Gasteiger partial charge in [0.2, 0.25) is 0 Å². The molecule has 0 bridgehead atoms. The van der Waals surface area contributed by atoms with Crippen molar-refractivity contribution in [2.75, 3.05) is 13.7 Å². The fourth-order valence-corrected chi connectivity index (χ4v) is 5.63. The van der Waals surface area contributed by atoms with Crippen LogP contribution in [-0.4, -0.2) is 72.6 Å². The van der Waals surface area contributed by atoms with Crippen LogP contribution in [0, 0.1) is 11.3 Å². The number of aliphatic hydroxyl groups is 2. The highest BCUT2D eigenvalue weighted by molar-refractivity contribution is 9.10. The predicted molar refractivity (Wildman–Crippen MR) is 115 cm³/mol. The normalized spacial score (nSPS) is 26.0. The molecule has 3 aromatic heterocycles. The molecule has 4 rings (SSSR count). The van der Waals surface area contributed by atoms with Gasteiger partial charge in [-0.2, -0.15) is 5.26 Å². The minimum Gasteiger partial charge on any atom is -0.394 e. The highest BCUT2D eigenvalue weighted by Gasteiger charge is 2.47. The van der Waals surface area contributed by atoms with Gasteiger partial charge in [-0.05, 0) is 22.0 Å². The van der Waals surface area contributed by atoms with Crippen LogP contribution in [-0.2, 0) is 9.47 Å². The Morgan fingerprint density at radius 1 is 1.45 bits per heavy atom. The summed E-state index contributed by atoms with van der Waals surface area (Å²) in [5.74, 6) is 0. The van der Waals surface area contributed by atoms with Gasteiger partial charge in [-0.3, -0.25) is 0 Å². The summed E-state index contributed by atoms with van der Waals surface area (Å²) in [5.41, 5.74) is 0.143. The first-order chi connectivity index (χ1) is 15.0. The maximum absolute atomic E-state index is 10.9. The van der Waals surface area contributed by atoms with E-state index in [1.807, 2.05) is 5.38 Å². The summed E-state index contributed by atoms with van der Waals surface area (Å²) in [4.78, 5) is 8.93. The van der Waals surface area contributed by atoms with Gasteiger partial charge in [0.25, 0.3) is 0 Å². The maximum atomic E-state index is 10.9. The van der Waals surface area contributed by atoms with Gasteiger partial charge in [0.15, 0.2) is 5.69 Å². The Hall–Kier alpha value is -1.92. The Morgan fingerprint density at radius 3 is 2.97 bits per heavy atom. The molecule has 0 aliphatic carbocycles. The van der Waals surface area contributed by atoms with Crippen LogP contribution in [0.4, 0.5) is 0 Å². The molecule has 5 atom stereocenters. The van der Waals surface area contributed by atoms with E-state index < -0.39 is 36.4 Å². The lowest BCUT2D eigenvalue weighted by molar-refractivity contribution is -0.186. The topological polar surface area (TPSA) is 139 Å². The largest absolute Gasteiger partial charge is 0.394 e. The van der Waals surface area contributed by atoms with Gasteiger partial charge >= 0.3 is 0 Å². The van der Waals surface area contributed by atoms with E-state index in [0.29, 0.717) is 20.1 Å². The van der Waals surface area contributed by atoms with E-state index >= 15 is 0 Å². The molecule has 1 fully saturated rings. The molecule has 162 valence electrons. The fraction of sp³-hybridized carbons (Fsp3) is 0.389. The zero-order chi connectivity index (χ0) is 22.0. The number of nitrogens with zero attached hydrogens (tertiary/aromatic N) is 6. The molecule has 0 saturated carbocycles. The SMILES string of the molecule is CO[C@@H]1[C@@H](n2cc(-c3nccs3)nn2)[C@@H](O)[C@@H](CO)O[C@@H]1Sc1cc(Br)cnc1C#N. The number of hydrogen-bond donors (Lipinski definition) is 2. The minimum absolute atomic E-state index is 0.238. The smallest absolute Gasteiger partial charge is 0.154 e. The number of thiazole rings is 1. The highest BCUT2D eigenvalue weighted by atomic mass is 79.9. The van der Waals surface area contributed by atoms with Crippen LogP contribution >= 0.6 is 39.0 Å². The maximum Gasteiger partial charge on any atom is 0.154 e. The van der Waals surface area contributed by atoms with Crippen molar-refractivity contribution >= 4 is 39.0 Å². The summed E-state index contributed by atoms with van der Waals surface area (Å²) in [7, 11) is 1.50. The number of nitriles is 1. The van der Waals surface area contributed by atoms with Crippen LogP contribution in [0.5, 0.6) is 0 Å². The summed E-state index contributed by atoms with van der Waals surface area (Å²) >= 11 is 6.02. The van der Waals surface area contributed by atoms with E-state index in [-0.39, 0.29) is 5.69 Å². The van der Waals surface area contributed by atoms with Crippen molar-refractivity contribution in [2.45, 2.75) is 34.7 Å². The number of hydrogen-bond acceptors (Lipinski definition) is 11. The number of rotatable bonds is 6. The molecule has 10 nitrogen and oxygen atoms in total. The Morgan fingerprint density at radius 2 is 2.29 bits per heavy atom. The Kier molecular flexibility index (Phi) is 6.97. The minimum atomic E-state index is -1.10. The van der Waals surface area contributed by atoms with E-state index in [0.717, 1.165) is 0 Å². The number of thioether (sulfide) groups is 1. The van der Waals surface area contributed by atoms with E-state index in [9.17, 15) is 15.5 Å². The summed E-state index contributed by atoms with van der Waals surface area (Å²) in [5, 5.41) is 41.0. The van der Waals surface area contributed by atoms with E-state index in [1.165, 1.54) is 41.1 Å². The number of aliphatic hydroxyl groups excluding tert-OH is 2. The summed E-state index contributed by atoms with van der Waals surface area (Å²) in [6.45, 7) is -0.402. The number of methoxy groups -OCH3 is 1. The van der Waals surface area contributed by atoms with Crippen molar-refractivity contribution in [1.82, 2.24) is 25.0 Å². The van der Waals surface area contributed by atoms with E-state index in [2.05, 4.69) is 42.3 Å². The van der Waals surface area contributed by atoms with Gasteiger partial charge in [0.1, 0.15) is 46.6 Å². The first-order valence-electron chi connectivity index (χ1n) is 9.07. The number of ether oxygens (including phenoxy) is 2. The summed E-state index contributed by atoms with van der Waals surface area (Å²) in [6, 6.07) is 3.13. The van der Waals surface area contributed by atoms with Crippen molar-refractivity contribution in [3.05, 3.63) is 40.2 Å². The molecule has 2 N–H and O–H groups in total. The standard InChI is InChI=1S/C18H17BrN6O4S2/c1-28-16-14(25-7-11(23-24-25)17-21-2-3-30-17)15(27)12(8-26)29-18(16)31-13-4-9(19)6-22-10(13)5-20/h2-4,6-7,12,14-16,18,26-27H,8H2,1H3/t12-,14+,15+,16-,18-/m1/s1. The average Bonchev–Trinajstić information content (AvgIpc) is 3.46. The van der Waals surface area contributed by atoms with Gasteiger partial charge in [-0.15, -0.1) is 16.4 Å². The van der Waals surface area contributed by atoms with Crippen LogP contribution in [0.2, 0.25) is 0 Å². The molecule has 0 radical (unpaired) electrons. The second kappa shape index (κ2) is 9.70. The van der Waals surface area contributed by atoms with Crippen LogP contribution in [0.15, 0.2) is 39.4 Å². The lowest BCUT2D eigenvalue weighted by Crippen LogP contribution is -2.55. The van der Waals surface area contributed by atoms with Crippen molar-refractivity contribution in [2.24, 2.45) is 0 Å². The first-order valence-corrected chi connectivity index (χ1v) is 11.6. The second-order valence-electron chi connectivity index (χ2n) is 6.56. The van der Waals surface area contributed by atoms with Gasteiger partial charge in [-0.25, -0.2) is 14.6 Å². The van der Waals surface area contributed by atoms with Crippen molar-refractivity contribution in [1.29, 1.82) is 5.26 Å². The zero-order valence-corrected chi connectivity index (χ0v) is 19.3.